The van der Waals surface area contributed by atoms with Gasteiger partial charge in [0.15, 0.2) is 4.77 Å². The fraction of sp³-hybridized carbons (Fsp3) is 0.263. The number of fused-ring (bicyclic) bond motifs is 1. The molecule has 0 saturated carbocycles. The summed E-state index contributed by atoms with van der Waals surface area (Å²) in [6, 6.07) is 7.20. The standard InChI is InChI=1S/C19H18FN3O3S/c1-3-4-9-23-16-15(17(24)22-19(23)27)13(18(25)26-2)10-14(21-16)11-5-7-12(20)8-6-11/h5-8,10H,3-4,9H2,1-2H3,(H,22,24,27). The molecule has 0 aliphatic carbocycles. The molecule has 0 fully saturated rings. The first kappa shape index (κ1) is 18.9. The zero-order valence-corrected chi connectivity index (χ0v) is 15.7. The minimum absolute atomic E-state index is 0.0864. The lowest BCUT2D eigenvalue weighted by Crippen LogP contribution is -2.19. The first-order valence-electron chi connectivity index (χ1n) is 8.48. The molecule has 3 rings (SSSR count). The van der Waals surface area contributed by atoms with Crippen LogP contribution in [0.15, 0.2) is 35.1 Å². The highest BCUT2D eigenvalue weighted by Crippen LogP contribution is 2.24. The van der Waals surface area contributed by atoms with Gasteiger partial charge in [-0.15, -0.1) is 0 Å². The maximum absolute atomic E-state index is 13.3. The van der Waals surface area contributed by atoms with Crippen LogP contribution >= 0.6 is 12.2 Å². The third-order valence-corrected chi connectivity index (χ3v) is 4.55. The molecule has 27 heavy (non-hydrogen) atoms. The first-order valence-corrected chi connectivity index (χ1v) is 8.89. The molecule has 6 nitrogen and oxygen atoms in total. The van der Waals surface area contributed by atoms with Crippen molar-refractivity contribution < 1.29 is 13.9 Å². The number of aromatic nitrogens is 3. The Morgan fingerprint density at radius 3 is 2.67 bits per heavy atom. The summed E-state index contributed by atoms with van der Waals surface area (Å²) in [4.78, 5) is 32.0. The minimum atomic E-state index is -0.657. The number of carbonyl (C=O) groups is 1. The lowest BCUT2D eigenvalue weighted by molar-refractivity contribution is 0.0603. The Balaban J connectivity index is 2.39. The van der Waals surface area contributed by atoms with Gasteiger partial charge < -0.3 is 9.30 Å². The summed E-state index contributed by atoms with van der Waals surface area (Å²) in [5, 5.41) is 0.123. The van der Waals surface area contributed by atoms with E-state index in [1.807, 2.05) is 6.92 Å². The number of benzene rings is 1. The topological polar surface area (TPSA) is 77.0 Å². The van der Waals surface area contributed by atoms with Crippen LogP contribution in [-0.4, -0.2) is 27.6 Å². The summed E-state index contributed by atoms with van der Waals surface area (Å²) in [5.41, 5.74) is 0.925. The van der Waals surface area contributed by atoms with Gasteiger partial charge >= 0.3 is 5.97 Å². The number of hydrogen-bond donors (Lipinski definition) is 1. The lowest BCUT2D eigenvalue weighted by atomic mass is 10.1. The molecule has 1 N–H and O–H groups in total. The van der Waals surface area contributed by atoms with Crippen LogP contribution < -0.4 is 5.56 Å². The second-order valence-corrected chi connectivity index (χ2v) is 6.40. The molecule has 8 heteroatoms. The first-order chi connectivity index (χ1) is 13.0. The van der Waals surface area contributed by atoms with Crippen LogP contribution in [-0.2, 0) is 11.3 Å². The van der Waals surface area contributed by atoms with E-state index in [0.717, 1.165) is 12.8 Å². The van der Waals surface area contributed by atoms with Gasteiger partial charge in [0.1, 0.15) is 11.5 Å². The number of pyridine rings is 1. The lowest BCUT2D eigenvalue weighted by Gasteiger charge is -2.13. The Morgan fingerprint density at radius 1 is 1.33 bits per heavy atom. The van der Waals surface area contributed by atoms with Crippen molar-refractivity contribution in [2.45, 2.75) is 26.3 Å². The van der Waals surface area contributed by atoms with Gasteiger partial charge in [-0.2, -0.15) is 0 Å². The summed E-state index contributed by atoms with van der Waals surface area (Å²) in [7, 11) is 1.24. The zero-order chi connectivity index (χ0) is 19.6. The second kappa shape index (κ2) is 7.79. The second-order valence-electron chi connectivity index (χ2n) is 6.02. The Bertz CT molecular complexity index is 1120. The molecule has 0 aliphatic heterocycles. The van der Waals surface area contributed by atoms with Crippen LogP contribution in [0.4, 0.5) is 4.39 Å². The largest absolute Gasteiger partial charge is 0.465 e. The minimum Gasteiger partial charge on any atom is -0.465 e. The number of nitrogens with zero attached hydrogens (tertiary/aromatic N) is 2. The van der Waals surface area contributed by atoms with Crippen molar-refractivity contribution in [3.05, 3.63) is 56.8 Å². The molecule has 0 saturated heterocycles. The van der Waals surface area contributed by atoms with Gasteiger partial charge in [-0.1, -0.05) is 13.3 Å². The Morgan fingerprint density at radius 2 is 2.04 bits per heavy atom. The van der Waals surface area contributed by atoms with E-state index in [4.69, 9.17) is 17.0 Å². The quantitative estimate of drug-likeness (QED) is 0.532. The molecular weight excluding hydrogens is 369 g/mol. The van der Waals surface area contributed by atoms with Gasteiger partial charge in [0, 0.05) is 12.1 Å². The molecule has 0 atom stereocenters. The number of aryl methyl sites for hydroxylation is 1. The Labute approximate surface area is 159 Å². The number of halogens is 1. The van der Waals surface area contributed by atoms with Gasteiger partial charge in [-0.25, -0.2) is 14.2 Å². The van der Waals surface area contributed by atoms with E-state index in [0.29, 0.717) is 23.4 Å². The maximum atomic E-state index is 13.3. The number of unbranched alkanes of at least 4 members (excludes halogenated alkanes) is 1. The number of hydrogen-bond acceptors (Lipinski definition) is 5. The summed E-state index contributed by atoms with van der Waals surface area (Å²) >= 11 is 5.30. The van der Waals surface area contributed by atoms with Crippen molar-refractivity contribution in [2.24, 2.45) is 0 Å². The number of carbonyl (C=O) groups excluding carboxylic acids is 1. The van der Waals surface area contributed by atoms with E-state index in [2.05, 4.69) is 9.97 Å². The molecule has 140 valence electrons. The van der Waals surface area contributed by atoms with Crippen molar-refractivity contribution >= 4 is 29.2 Å². The summed E-state index contributed by atoms with van der Waals surface area (Å²) in [5.74, 6) is -1.04. The molecule has 0 aliphatic rings. The van der Waals surface area contributed by atoms with Crippen LogP contribution in [0.5, 0.6) is 0 Å². The van der Waals surface area contributed by atoms with Crippen molar-refractivity contribution in [1.29, 1.82) is 0 Å². The van der Waals surface area contributed by atoms with Gasteiger partial charge in [0.05, 0.1) is 23.8 Å². The average Bonchev–Trinajstić information content (AvgIpc) is 2.66. The number of methoxy groups -OCH3 is 1. The van der Waals surface area contributed by atoms with E-state index in [1.54, 1.807) is 16.7 Å². The maximum Gasteiger partial charge on any atom is 0.338 e. The molecule has 2 heterocycles. The number of H-pyrrole nitrogens is 1. The zero-order valence-electron chi connectivity index (χ0n) is 14.9. The molecule has 0 bridgehead atoms. The third kappa shape index (κ3) is 3.66. The van der Waals surface area contributed by atoms with E-state index >= 15 is 0 Å². The third-order valence-electron chi connectivity index (χ3n) is 4.23. The fourth-order valence-electron chi connectivity index (χ4n) is 2.84. The molecule has 0 amide bonds. The number of ether oxygens (including phenoxy) is 1. The number of aromatic amines is 1. The smallest absolute Gasteiger partial charge is 0.338 e. The fourth-order valence-corrected chi connectivity index (χ4v) is 3.11. The van der Waals surface area contributed by atoms with Crippen molar-refractivity contribution in [1.82, 2.24) is 14.5 Å². The van der Waals surface area contributed by atoms with Crippen molar-refractivity contribution in [3.8, 4) is 11.3 Å². The van der Waals surface area contributed by atoms with Crippen molar-refractivity contribution in [3.63, 3.8) is 0 Å². The van der Waals surface area contributed by atoms with E-state index in [1.165, 1.54) is 25.3 Å². The predicted molar refractivity (Wildman–Crippen MR) is 103 cm³/mol. The van der Waals surface area contributed by atoms with E-state index in [9.17, 15) is 14.0 Å². The van der Waals surface area contributed by atoms with Crippen LogP contribution in [0.25, 0.3) is 22.3 Å². The molecule has 0 spiro atoms. The number of nitrogens with one attached hydrogen (secondary N) is 1. The van der Waals surface area contributed by atoms with Crippen LogP contribution in [0, 0.1) is 10.6 Å². The van der Waals surface area contributed by atoms with Gasteiger partial charge in [0.25, 0.3) is 5.56 Å². The molecule has 2 aromatic heterocycles. The van der Waals surface area contributed by atoms with Crippen LogP contribution in [0.3, 0.4) is 0 Å². The Hall–Kier alpha value is -2.87. The predicted octanol–water partition coefficient (Wildman–Crippen LogP) is 3.85. The number of rotatable bonds is 5. The average molecular weight is 387 g/mol. The molecule has 1 aromatic carbocycles. The Kier molecular flexibility index (Phi) is 5.46. The van der Waals surface area contributed by atoms with Crippen LogP contribution in [0.1, 0.15) is 30.1 Å². The molecule has 0 unspecified atom stereocenters. The summed E-state index contributed by atoms with van der Waals surface area (Å²) < 4.78 is 20.1. The van der Waals surface area contributed by atoms with E-state index in [-0.39, 0.29) is 21.5 Å². The van der Waals surface area contributed by atoms with Gasteiger partial charge in [-0.05, 0) is 49.0 Å². The normalized spacial score (nSPS) is 10.9. The van der Waals surface area contributed by atoms with Gasteiger partial charge in [0.2, 0.25) is 0 Å². The number of esters is 1. The molecular formula is C19H18FN3O3S. The monoisotopic (exact) mass is 387 g/mol. The van der Waals surface area contributed by atoms with Gasteiger partial charge in [-0.3, -0.25) is 9.78 Å². The van der Waals surface area contributed by atoms with Crippen LogP contribution in [0.2, 0.25) is 0 Å². The molecule has 3 aromatic rings. The van der Waals surface area contributed by atoms with E-state index < -0.39 is 11.5 Å². The summed E-state index contributed by atoms with van der Waals surface area (Å²) in [6.07, 6.45) is 1.75. The highest BCUT2D eigenvalue weighted by molar-refractivity contribution is 7.71. The highest BCUT2D eigenvalue weighted by Gasteiger charge is 2.19. The highest BCUT2D eigenvalue weighted by atomic mass is 32.1. The molecule has 0 radical (unpaired) electrons. The SMILES string of the molecule is CCCCn1c(=S)[nH]c(=O)c2c(C(=O)OC)cc(-c3ccc(F)cc3)nc21. The summed E-state index contributed by atoms with van der Waals surface area (Å²) in [6.45, 7) is 2.58. The van der Waals surface area contributed by atoms with Crippen molar-refractivity contribution in [2.75, 3.05) is 7.11 Å².